The number of rotatable bonds is 5. The molecule has 1 fully saturated rings. The third-order valence-electron chi connectivity index (χ3n) is 5.81. The first-order valence-electron chi connectivity index (χ1n) is 10.6. The maximum absolute atomic E-state index is 12.4. The number of benzene rings is 3. The van der Waals surface area contributed by atoms with Crippen molar-refractivity contribution >= 4 is 11.7 Å². The van der Waals surface area contributed by atoms with Gasteiger partial charge in [0.05, 0.1) is 0 Å². The summed E-state index contributed by atoms with van der Waals surface area (Å²) < 4.78 is 0. The molecule has 154 valence electrons. The fraction of sp³-hybridized carbons (Fsp3) is 0.269. The van der Waals surface area contributed by atoms with E-state index in [4.69, 9.17) is 0 Å². The van der Waals surface area contributed by atoms with E-state index in [0.29, 0.717) is 0 Å². The Morgan fingerprint density at radius 3 is 2.00 bits per heavy atom. The summed E-state index contributed by atoms with van der Waals surface area (Å²) in [6.07, 6.45) is 0.884. The number of carbonyl (C=O) groups is 1. The Morgan fingerprint density at radius 1 is 0.867 bits per heavy atom. The molecule has 30 heavy (non-hydrogen) atoms. The predicted molar refractivity (Wildman–Crippen MR) is 123 cm³/mol. The lowest BCUT2D eigenvalue weighted by atomic mass is 9.83. The third-order valence-corrected chi connectivity index (χ3v) is 5.81. The summed E-state index contributed by atoms with van der Waals surface area (Å²) in [5, 5.41) is 9.69. The van der Waals surface area contributed by atoms with Crippen LogP contribution in [0.2, 0.25) is 0 Å². The van der Waals surface area contributed by atoms with E-state index in [9.17, 15) is 4.79 Å². The molecular weight excluding hydrogens is 370 g/mol. The second kappa shape index (κ2) is 9.14. The highest BCUT2D eigenvalue weighted by Gasteiger charge is 2.33. The molecule has 3 aromatic rings. The normalized spacial score (nSPS) is 18.4. The summed E-state index contributed by atoms with van der Waals surface area (Å²) >= 11 is 0. The largest absolute Gasteiger partial charge is 0.334 e. The molecule has 2 atom stereocenters. The van der Waals surface area contributed by atoms with E-state index >= 15 is 0 Å². The van der Waals surface area contributed by atoms with Crippen molar-refractivity contribution in [2.45, 2.75) is 38.3 Å². The Hall–Kier alpha value is -3.11. The van der Waals surface area contributed by atoms with E-state index in [1.165, 1.54) is 22.3 Å². The number of nitrogens with one attached hydrogen (secondary N) is 3. The smallest absolute Gasteiger partial charge is 0.319 e. The zero-order valence-corrected chi connectivity index (χ0v) is 17.6. The van der Waals surface area contributed by atoms with E-state index in [1.54, 1.807) is 0 Å². The van der Waals surface area contributed by atoms with Gasteiger partial charge in [0.25, 0.3) is 0 Å². The van der Waals surface area contributed by atoms with E-state index in [-0.39, 0.29) is 24.0 Å². The van der Waals surface area contributed by atoms with Crippen LogP contribution in [0.5, 0.6) is 0 Å². The van der Waals surface area contributed by atoms with E-state index in [2.05, 4.69) is 78.3 Å². The van der Waals surface area contributed by atoms with Gasteiger partial charge in [-0.3, -0.25) is 0 Å². The number of urea groups is 1. The van der Waals surface area contributed by atoms with Gasteiger partial charge >= 0.3 is 6.03 Å². The standard InChI is InChI=1S/C26H29N3O/c1-18-8-12-20(13-9-18)25(21-14-10-19(2)11-15-21)24-16-23(17-27-24)29-26(30)28-22-6-4-3-5-7-22/h3-15,23-25,27H,16-17H2,1-2H3,(H2,28,29,30). The fourth-order valence-corrected chi connectivity index (χ4v) is 4.21. The van der Waals surface area contributed by atoms with Gasteiger partial charge in [0.15, 0.2) is 0 Å². The number of amides is 2. The van der Waals surface area contributed by atoms with Crippen LogP contribution in [0, 0.1) is 13.8 Å². The Kier molecular flexibility index (Phi) is 6.15. The molecule has 2 unspecified atom stereocenters. The second-order valence-corrected chi connectivity index (χ2v) is 8.21. The molecular formula is C26H29N3O. The first-order chi connectivity index (χ1) is 14.6. The van der Waals surface area contributed by atoms with Crippen LogP contribution in [-0.2, 0) is 0 Å². The summed E-state index contributed by atoms with van der Waals surface area (Å²) in [6.45, 7) is 4.99. The zero-order valence-electron chi connectivity index (χ0n) is 17.6. The number of hydrogen-bond donors (Lipinski definition) is 3. The Labute approximate surface area is 178 Å². The van der Waals surface area contributed by atoms with Gasteiger partial charge in [0, 0.05) is 30.2 Å². The maximum atomic E-state index is 12.4. The second-order valence-electron chi connectivity index (χ2n) is 8.21. The predicted octanol–water partition coefficient (Wildman–Crippen LogP) is 4.99. The molecule has 1 aliphatic rings. The Balaban J connectivity index is 1.47. The summed E-state index contributed by atoms with van der Waals surface area (Å²) in [6, 6.07) is 27.3. The van der Waals surface area contributed by atoms with Crippen LogP contribution in [-0.4, -0.2) is 24.7 Å². The topological polar surface area (TPSA) is 53.2 Å². The van der Waals surface area contributed by atoms with Crippen LogP contribution in [0.4, 0.5) is 10.5 Å². The van der Waals surface area contributed by atoms with Crippen LogP contribution >= 0.6 is 0 Å². The average Bonchev–Trinajstić information content (AvgIpc) is 3.19. The molecule has 4 heteroatoms. The summed E-state index contributed by atoms with van der Waals surface area (Å²) in [7, 11) is 0. The van der Waals surface area contributed by atoms with Crippen molar-refractivity contribution in [3.8, 4) is 0 Å². The van der Waals surface area contributed by atoms with Crippen molar-refractivity contribution in [3.05, 3.63) is 101 Å². The highest BCUT2D eigenvalue weighted by Crippen LogP contribution is 2.32. The highest BCUT2D eigenvalue weighted by molar-refractivity contribution is 5.89. The van der Waals surface area contributed by atoms with Crippen LogP contribution in [0.1, 0.15) is 34.6 Å². The molecule has 3 aromatic carbocycles. The monoisotopic (exact) mass is 399 g/mol. The molecule has 1 saturated heterocycles. The van der Waals surface area contributed by atoms with Crippen molar-refractivity contribution in [3.63, 3.8) is 0 Å². The molecule has 1 heterocycles. The van der Waals surface area contributed by atoms with E-state index in [1.807, 2.05) is 30.3 Å². The van der Waals surface area contributed by atoms with Gasteiger partial charge in [-0.15, -0.1) is 0 Å². The van der Waals surface area contributed by atoms with Gasteiger partial charge in [-0.25, -0.2) is 4.79 Å². The highest BCUT2D eigenvalue weighted by atomic mass is 16.2. The van der Waals surface area contributed by atoms with Gasteiger partial charge in [-0.1, -0.05) is 77.9 Å². The molecule has 4 rings (SSSR count). The van der Waals surface area contributed by atoms with E-state index in [0.717, 1.165) is 18.7 Å². The first kappa shape index (κ1) is 20.2. The molecule has 3 N–H and O–H groups in total. The minimum Gasteiger partial charge on any atom is -0.334 e. The minimum absolute atomic E-state index is 0.0945. The first-order valence-corrected chi connectivity index (χ1v) is 10.6. The lowest BCUT2D eigenvalue weighted by molar-refractivity contribution is 0.249. The summed E-state index contributed by atoms with van der Waals surface area (Å²) in [5.74, 6) is 0.246. The van der Waals surface area contributed by atoms with Crippen LogP contribution in [0.3, 0.4) is 0 Å². The Morgan fingerprint density at radius 2 is 1.43 bits per heavy atom. The lowest BCUT2D eigenvalue weighted by Crippen LogP contribution is -2.39. The Bertz CT molecular complexity index is 922. The molecule has 0 aromatic heterocycles. The van der Waals surface area contributed by atoms with Gasteiger partial charge in [0.1, 0.15) is 0 Å². The number of aryl methyl sites for hydroxylation is 2. The molecule has 0 aliphatic carbocycles. The SMILES string of the molecule is Cc1ccc(C(c2ccc(C)cc2)C2CC(NC(=O)Nc3ccccc3)CN2)cc1. The van der Waals surface area contributed by atoms with Crippen molar-refractivity contribution in [2.75, 3.05) is 11.9 Å². The molecule has 2 amide bonds. The van der Waals surface area contributed by atoms with Gasteiger partial charge in [-0.05, 0) is 43.5 Å². The molecule has 0 spiro atoms. The van der Waals surface area contributed by atoms with Gasteiger partial charge in [-0.2, -0.15) is 0 Å². The molecule has 4 nitrogen and oxygen atoms in total. The molecule has 1 aliphatic heterocycles. The molecule has 0 radical (unpaired) electrons. The number of anilines is 1. The zero-order chi connectivity index (χ0) is 20.9. The number of para-hydroxylation sites is 1. The maximum Gasteiger partial charge on any atom is 0.319 e. The fourth-order valence-electron chi connectivity index (χ4n) is 4.21. The van der Waals surface area contributed by atoms with Crippen molar-refractivity contribution in [2.24, 2.45) is 0 Å². The molecule has 0 bridgehead atoms. The van der Waals surface area contributed by atoms with Crippen molar-refractivity contribution < 1.29 is 4.79 Å². The minimum atomic E-state index is -0.157. The van der Waals surface area contributed by atoms with Crippen molar-refractivity contribution in [1.82, 2.24) is 10.6 Å². The van der Waals surface area contributed by atoms with E-state index < -0.39 is 0 Å². The third kappa shape index (κ3) is 4.89. The quantitative estimate of drug-likeness (QED) is 0.566. The van der Waals surface area contributed by atoms with Gasteiger partial charge in [0.2, 0.25) is 0 Å². The molecule has 0 saturated carbocycles. The van der Waals surface area contributed by atoms with Gasteiger partial charge < -0.3 is 16.0 Å². The number of carbonyl (C=O) groups excluding carboxylic acids is 1. The van der Waals surface area contributed by atoms with Crippen LogP contribution in [0.15, 0.2) is 78.9 Å². The summed E-state index contributed by atoms with van der Waals surface area (Å²) in [4.78, 5) is 12.4. The van der Waals surface area contributed by atoms with Crippen LogP contribution in [0.25, 0.3) is 0 Å². The van der Waals surface area contributed by atoms with Crippen molar-refractivity contribution in [1.29, 1.82) is 0 Å². The van der Waals surface area contributed by atoms with Crippen LogP contribution < -0.4 is 16.0 Å². The lowest BCUT2D eigenvalue weighted by Gasteiger charge is -2.25. The summed E-state index contributed by atoms with van der Waals surface area (Å²) in [5.41, 5.74) is 5.93. The number of hydrogen-bond acceptors (Lipinski definition) is 2. The average molecular weight is 400 g/mol.